The first-order valence-electron chi connectivity index (χ1n) is 13.0. The molecule has 0 saturated heterocycles. The lowest BCUT2D eigenvalue weighted by atomic mass is 10.00. The van der Waals surface area contributed by atoms with Gasteiger partial charge in [-0.05, 0) is 62.9 Å². The standard InChI is InChI=1S/C31H39N3O4S/c1-23-14-10-12-18-26(23)21-33(28(30(36)32-31(3,4)5)20-25-16-8-7-9-17-25)29(35)22-34(39(6,37)38)27-19-13-11-15-24(27)2/h7-19,28H,20-22H2,1-6H3,(H,32,36). The molecule has 0 heterocycles. The molecule has 0 aliphatic heterocycles. The highest BCUT2D eigenvalue weighted by atomic mass is 32.2. The van der Waals surface area contributed by atoms with E-state index in [1.807, 2.05) is 88.4 Å². The van der Waals surface area contributed by atoms with Crippen molar-refractivity contribution in [1.82, 2.24) is 10.2 Å². The normalized spacial score (nSPS) is 12.5. The number of benzene rings is 3. The Bertz CT molecular complexity index is 1400. The fourth-order valence-corrected chi connectivity index (χ4v) is 5.32. The number of nitrogens with zero attached hydrogens (tertiary/aromatic N) is 2. The Morgan fingerprint density at radius 2 is 1.41 bits per heavy atom. The molecule has 3 rings (SSSR count). The van der Waals surface area contributed by atoms with Crippen LogP contribution in [0.3, 0.4) is 0 Å². The summed E-state index contributed by atoms with van der Waals surface area (Å²) in [5, 5.41) is 3.03. The maximum absolute atomic E-state index is 14.1. The molecule has 0 fully saturated rings. The molecule has 0 bridgehead atoms. The number of carbonyl (C=O) groups excluding carboxylic acids is 2. The van der Waals surface area contributed by atoms with Gasteiger partial charge in [0.05, 0.1) is 11.9 Å². The second-order valence-corrected chi connectivity index (χ2v) is 12.9. The third-order valence-corrected chi connectivity index (χ3v) is 7.56. The molecule has 3 aromatic rings. The zero-order chi connectivity index (χ0) is 28.8. The summed E-state index contributed by atoms with van der Waals surface area (Å²) in [5.41, 5.74) is 3.39. The number of amides is 2. The number of rotatable bonds is 10. The summed E-state index contributed by atoms with van der Waals surface area (Å²) in [7, 11) is -3.80. The van der Waals surface area contributed by atoms with Crippen molar-refractivity contribution in [3.05, 3.63) is 101 Å². The van der Waals surface area contributed by atoms with Gasteiger partial charge >= 0.3 is 0 Å². The number of para-hydroxylation sites is 1. The molecule has 1 unspecified atom stereocenters. The molecule has 7 nitrogen and oxygen atoms in total. The van der Waals surface area contributed by atoms with Gasteiger partial charge in [0, 0.05) is 18.5 Å². The summed E-state index contributed by atoms with van der Waals surface area (Å²) in [4.78, 5) is 29.4. The quantitative estimate of drug-likeness (QED) is 0.400. The lowest BCUT2D eigenvalue weighted by Crippen LogP contribution is -2.56. The molecule has 0 aliphatic carbocycles. The summed E-state index contributed by atoms with van der Waals surface area (Å²) in [6.07, 6.45) is 1.37. The molecular weight excluding hydrogens is 510 g/mol. The molecule has 0 radical (unpaired) electrons. The first-order chi connectivity index (χ1) is 18.3. The third kappa shape index (κ3) is 8.42. The Morgan fingerprint density at radius 3 is 1.97 bits per heavy atom. The van der Waals surface area contributed by atoms with Crippen LogP contribution in [0.2, 0.25) is 0 Å². The number of aryl methyl sites for hydroxylation is 2. The van der Waals surface area contributed by atoms with Gasteiger partial charge < -0.3 is 10.2 Å². The van der Waals surface area contributed by atoms with Gasteiger partial charge in [-0.25, -0.2) is 8.42 Å². The predicted molar refractivity (Wildman–Crippen MR) is 157 cm³/mol. The van der Waals surface area contributed by atoms with Crippen LogP contribution in [-0.2, 0) is 32.6 Å². The lowest BCUT2D eigenvalue weighted by Gasteiger charge is -2.35. The molecule has 2 amide bonds. The van der Waals surface area contributed by atoms with E-state index in [1.54, 1.807) is 25.1 Å². The summed E-state index contributed by atoms with van der Waals surface area (Å²) >= 11 is 0. The van der Waals surface area contributed by atoms with E-state index in [0.717, 1.165) is 32.8 Å². The summed E-state index contributed by atoms with van der Waals surface area (Å²) in [6, 6.07) is 23.4. The van der Waals surface area contributed by atoms with Crippen LogP contribution in [-0.4, -0.2) is 49.5 Å². The van der Waals surface area contributed by atoms with Gasteiger partial charge in [-0.15, -0.1) is 0 Å². The van der Waals surface area contributed by atoms with E-state index in [9.17, 15) is 18.0 Å². The molecule has 0 aromatic heterocycles. The van der Waals surface area contributed by atoms with E-state index in [0.29, 0.717) is 5.69 Å². The predicted octanol–water partition coefficient (Wildman–Crippen LogP) is 4.62. The number of hydrogen-bond donors (Lipinski definition) is 1. The SMILES string of the molecule is Cc1ccccc1CN(C(=O)CN(c1ccccc1C)S(C)(=O)=O)C(Cc1ccccc1)C(=O)NC(C)(C)C. The van der Waals surface area contributed by atoms with Gasteiger partial charge in [0.1, 0.15) is 12.6 Å². The molecule has 0 saturated carbocycles. The van der Waals surface area contributed by atoms with Gasteiger partial charge in [-0.3, -0.25) is 13.9 Å². The maximum atomic E-state index is 14.1. The number of anilines is 1. The Morgan fingerprint density at radius 1 is 0.846 bits per heavy atom. The molecule has 0 spiro atoms. The van der Waals surface area contributed by atoms with E-state index in [4.69, 9.17) is 0 Å². The minimum Gasteiger partial charge on any atom is -0.350 e. The number of nitrogens with one attached hydrogen (secondary N) is 1. The minimum atomic E-state index is -3.80. The summed E-state index contributed by atoms with van der Waals surface area (Å²) < 4.78 is 26.9. The van der Waals surface area contributed by atoms with Crippen molar-refractivity contribution in [2.24, 2.45) is 0 Å². The number of sulfonamides is 1. The van der Waals surface area contributed by atoms with Gasteiger partial charge in [-0.1, -0.05) is 72.8 Å². The van der Waals surface area contributed by atoms with Gasteiger partial charge in [-0.2, -0.15) is 0 Å². The number of hydrogen-bond acceptors (Lipinski definition) is 4. The largest absolute Gasteiger partial charge is 0.350 e. The van der Waals surface area contributed by atoms with E-state index >= 15 is 0 Å². The monoisotopic (exact) mass is 549 g/mol. The van der Waals surface area contributed by atoms with Gasteiger partial charge in [0.2, 0.25) is 21.8 Å². The summed E-state index contributed by atoms with van der Waals surface area (Å²) in [5.74, 6) is -0.757. The van der Waals surface area contributed by atoms with Crippen molar-refractivity contribution >= 4 is 27.5 Å². The second kappa shape index (κ2) is 12.5. The minimum absolute atomic E-state index is 0.159. The molecule has 1 atom stereocenters. The van der Waals surface area contributed by atoms with Crippen molar-refractivity contribution in [1.29, 1.82) is 0 Å². The molecular formula is C31H39N3O4S. The van der Waals surface area contributed by atoms with Crippen molar-refractivity contribution < 1.29 is 18.0 Å². The Labute approximate surface area is 232 Å². The zero-order valence-corrected chi connectivity index (χ0v) is 24.5. The van der Waals surface area contributed by atoms with Gasteiger partial charge in [0.15, 0.2) is 0 Å². The van der Waals surface area contributed by atoms with E-state index < -0.39 is 34.1 Å². The molecule has 8 heteroatoms. The first-order valence-corrected chi connectivity index (χ1v) is 14.8. The van der Waals surface area contributed by atoms with Crippen LogP contribution in [0.15, 0.2) is 78.9 Å². The van der Waals surface area contributed by atoms with Crippen molar-refractivity contribution in [2.75, 3.05) is 17.1 Å². The van der Waals surface area contributed by atoms with Crippen LogP contribution in [0.25, 0.3) is 0 Å². The molecule has 1 N–H and O–H groups in total. The Hall–Kier alpha value is -3.65. The molecule has 0 aliphatic rings. The smallest absolute Gasteiger partial charge is 0.244 e. The van der Waals surface area contributed by atoms with Crippen molar-refractivity contribution in [2.45, 2.75) is 59.2 Å². The van der Waals surface area contributed by atoms with Crippen LogP contribution in [0.5, 0.6) is 0 Å². The van der Waals surface area contributed by atoms with Crippen molar-refractivity contribution in [3.8, 4) is 0 Å². The highest BCUT2D eigenvalue weighted by Gasteiger charge is 2.34. The van der Waals surface area contributed by atoms with E-state index in [2.05, 4.69) is 5.32 Å². The molecule has 39 heavy (non-hydrogen) atoms. The first kappa shape index (κ1) is 29.9. The molecule has 3 aromatic carbocycles. The fourth-order valence-electron chi connectivity index (χ4n) is 4.42. The zero-order valence-electron chi connectivity index (χ0n) is 23.6. The van der Waals surface area contributed by atoms with Crippen LogP contribution in [0.4, 0.5) is 5.69 Å². The second-order valence-electron chi connectivity index (χ2n) is 10.9. The topological polar surface area (TPSA) is 86.8 Å². The summed E-state index contributed by atoms with van der Waals surface area (Å²) in [6.45, 7) is 9.16. The fraction of sp³-hybridized carbons (Fsp3) is 0.355. The highest BCUT2D eigenvalue weighted by molar-refractivity contribution is 7.92. The van der Waals surface area contributed by atoms with Gasteiger partial charge in [0.25, 0.3) is 0 Å². The number of carbonyl (C=O) groups is 2. The van der Waals surface area contributed by atoms with Crippen LogP contribution < -0.4 is 9.62 Å². The average Bonchev–Trinajstić information content (AvgIpc) is 2.85. The molecule has 208 valence electrons. The van der Waals surface area contributed by atoms with Crippen LogP contribution >= 0.6 is 0 Å². The Kier molecular flexibility index (Phi) is 9.56. The highest BCUT2D eigenvalue weighted by Crippen LogP contribution is 2.24. The van der Waals surface area contributed by atoms with Crippen LogP contribution in [0.1, 0.15) is 43.0 Å². The third-order valence-electron chi connectivity index (χ3n) is 6.43. The maximum Gasteiger partial charge on any atom is 0.244 e. The van der Waals surface area contributed by atoms with E-state index in [-0.39, 0.29) is 18.9 Å². The van der Waals surface area contributed by atoms with Crippen LogP contribution in [0, 0.1) is 13.8 Å². The lowest BCUT2D eigenvalue weighted by molar-refractivity contribution is -0.140. The van der Waals surface area contributed by atoms with E-state index in [1.165, 1.54) is 4.90 Å². The average molecular weight is 550 g/mol. The Balaban J connectivity index is 2.10. The van der Waals surface area contributed by atoms with Crippen molar-refractivity contribution in [3.63, 3.8) is 0 Å².